The normalized spacial score (nSPS) is 17.0. The summed E-state index contributed by atoms with van der Waals surface area (Å²) < 4.78 is 1.85. The lowest BCUT2D eigenvalue weighted by Gasteiger charge is -2.20. The molecular formula is C15H25N3O. The molecule has 0 spiro atoms. The molecule has 0 saturated heterocycles. The molecule has 0 atom stereocenters. The number of rotatable bonds is 6. The Labute approximate surface area is 115 Å². The number of carbonyl (C=O) groups is 1. The largest absolute Gasteiger partial charge is 0.299 e. The predicted molar refractivity (Wildman–Crippen MR) is 74.9 cm³/mol. The summed E-state index contributed by atoms with van der Waals surface area (Å²) in [6.07, 6.45) is 10.5. The number of hydrogen-bond donors (Lipinski definition) is 0. The van der Waals surface area contributed by atoms with Crippen molar-refractivity contribution in [3.8, 4) is 0 Å². The van der Waals surface area contributed by atoms with Gasteiger partial charge in [0.05, 0.1) is 6.42 Å². The third-order valence-electron chi connectivity index (χ3n) is 4.05. The minimum absolute atomic E-state index is 0.267. The molecule has 1 saturated carbocycles. The van der Waals surface area contributed by atoms with Crippen molar-refractivity contribution >= 4 is 5.78 Å². The summed E-state index contributed by atoms with van der Waals surface area (Å²) in [4.78, 5) is 16.2. The van der Waals surface area contributed by atoms with Gasteiger partial charge in [-0.3, -0.25) is 4.79 Å². The molecular weight excluding hydrogens is 238 g/mol. The van der Waals surface area contributed by atoms with E-state index in [1.165, 1.54) is 32.1 Å². The van der Waals surface area contributed by atoms with Gasteiger partial charge in [0.25, 0.3) is 0 Å². The van der Waals surface area contributed by atoms with Crippen LogP contribution < -0.4 is 0 Å². The standard InChI is InChI=1S/C15H25N3O/c1-12(2)18-15(16-11-17-18)10-14(19)9-8-13-6-4-3-5-7-13/h11-13H,3-10H2,1-2H3. The maximum Gasteiger partial charge on any atom is 0.140 e. The van der Waals surface area contributed by atoms with Crippen molar-refractivity contribution in [2.75, 3.05) is 0 Å². The highest BCUT2D eigenvalue weighted by Gasteiger charge is 2.16. The highest BCUT2D eigenvalue weighted by atomic mass is 16.1. The summed E-state index contributed by atoms with van der Waals surface area (Å²) in [7, 11) is 0. The summed E-state index contributed by atoms with van der Waals surface area (Å²) in [6.45, 7) is 4.12. The Morgan fingerprint density at radius 3 is 2.79 bits per heavy atom. The Balaban J connectivity index is 1.78. The van der Waals surface area contributed by atoms with E-state index in [1.807, 2.05) is 4.68 Å². The molecule has 1 heterocycles. The van der Waals surface area contributed by atoms with Gasteiger partial charge in [-0.05, 0) is 26.2 Å². The molecule has 1 aliphatic carbocycles. The highest BCUT2D eigenvalue weighted by Crippen LogP contribution is 2.27. The van der Waals surface area contributed by atoms with E-state index in [9.17, 15) is 4.79 Å². The van der Waals surface area contributed by atoms with Gasteiger partial charge in [-0.1, -0.05) is 32.1 Å². The fourth-order valence-corrected chi connectivity index (χ4v) is 2.94. The van der Waals surface area contributed by atoms with Gasteiger partial charge in [0.1, 0.15) is 17.9 Å². The van der Waals surface area contributed by atoms with Crippen LogP contribution in [0.2, 0.25) is 0 Å². The van der Waals surface area contributed by atoms with Crippen LogP contribution >= 0.6 is 0 Å². The number of aromatic nitrogens is 3. The molecule has 19 heavy (non-hydrogen) atoms. The maximum atomic E-state index is 12.0. The zero-order valence-electron chi connectivity index (χ0n) is 12.1. The summed E-state index contributed by atoms with van der Waals surface area (Å²) in [5.74, 6) is 1.89. The third kappa shape index (κ3) is 4.15. The van der Waals surface area contributed by atoms with Crippen molar-refractivity contribution in [1.29, 1.82) is 0 Å². The Bertz CT molecular complexity index is 405. The Kier molecular flexibility index (Phi) is 5.11. The second-order valence-electron chi connectivity index (χ2n) is 5.97. The number of nitrogens with zero attached hydrogens (tertiary/aromatic N) is 3. The smallest absolute Gasteiger partial charge is 0.140 e. The van der Waals surface area contributed by atoms with Gasteiger partial charge in [0, 0.05) is 12.5 Å². The summed E-state index contributed by atoms with van der Waals surface area (Å²) in [5, 5.41) is 4.17. The van der Waals surface area contributed by atoms with Crippen LogP contribution in [0.4, 0.5) is 0 Å². The van der Waals surface area contributed by atoms with Crippen LogP contribution in [0.1, 0.15) is 70.7 Å². The van der Waals surface area contributed by atoms with Crippen LogP contribution in [-0.4, -0.2) is 20.5 Å². The van der Waals surface area contributed by atoms with Gasteiger partial charge < -0.3 is 0 Å². The van der Waals surface area contributed by atoms with Crippen molar-refractivity contribution in [3.05, 3.63) is 12.2 Å². The van der Waals surface area contributed by atoms with Crippen LogP contribution in [0, 0.1) is 5.92 Å². The molecule has 0 bridgehead atoms. The molecule has 1 fully saturated rings. The second kappa shape index (κ2) is 6.83. The fraction of sp³-hybridized carbons (Fsp3) is 0.800. The lowest BCUT2D eigenvalue weighted by atomic mass is 9.85. The molecule has 4 nitrogen and oxygen atoms in total. The first-order valence-corrected chi connectivity index (χ1v) is 7.57. The molecule has 0 aliphatic heterocycles. The van der Waals surface area contributed by atoms with E-state index in [0.717, 1.165) is 18.2 Å². The lowest BCUT2D eigenvalue weighted by molar-refractivity contribution is -0.118. The summed E-state index contributed by atoms with van der Waals surface area (Å²) in [5.41, 5.74) is 0. The van der Waals surface area contributed by atoms with E-state index in [0.29, 0.717) is 18.6 Å². The first-order chi connectivity index (χ1) is 9.16. The first-order valence-electron chi connectivity index (χ1n) is 7.57. The fourth-order valence-electron chi connectivity index (χ4n) is 2.94. The van der Waals surface area contributed by atoms with Gasteiger partial charge in [-0.2, -0.15) is 5.10 Å². The predicted octanol–water partition coefficient (Wildman–Crippen LogP) is 3.33. The Morgan fingerprint density at radius 1 is 1.37 bits per heavy atom. The zero-order chi connectivity index (χ0) is 13.7. The molecule has 0 unspecified atom stereocenters. The molecule has 0 amide bonds. The first kappa shape index (κ1) is 14.2. The van der Waals surface area contributed by atoms with Crippen LogP contribution in [0.5, 0.6) is 0 Å². The molecule has 0 N–H and O–H groups in total. The van der Waals surface area contributed by atoms with E-state index in [1.54, 1.807) is 6.33 Å². The van der Waals surface area contributed by atoms with Crippen molar-refractivity contribution in [3.63, 3.8) is 0 Å². The topological polar surface area (TPSA) is 47.8 Å². The SMILES string of the molecule is CC(C)n1ncnc1CC(=O)CCC1CCCCC1. The summed E-state index contributed by atoms with van der Waals surface area (Å²) >= 11 is 0. The molecule has 1 aromatic heterocycles. The quantitative estimate of drug-likeness (QED) is 0.791. The van der Waals surface area contributed by atoms with Gasteiger partial charge in [-0.25, -0.2) is 9.67 Å². The van der Waals surface area contributed by atoms with Crippen LogP contribution in [-0.2, 0) is 11.2 Å². The van der Waals surface area contributed by atoms with E-state index < -0.39 is 0 Å². The van der Waals surface area contributed by atoms with E-state index in [4.69, 9.17) is 0 Å². The average molecular weight is 263 g/mol. The number of hydrogen-bond acceptors (Lipinski definition) is 3. The number of ketones is 1. The highest BCUT2D eigenvalue weighted by molar-refractivity contribution is 5.80. The van der Waals surface area contributed by atoms with Crippen molar-refractivity contribution in [2.45, 2.75) is 71.3 Å². The van der Waals surface area contributed by atoms with Gasteiger partial charge in [0.2, 0.25) is 0 Å². The molecule has 2 rings (SSSR count). The average Bonchev–Trinajstić information content (AvgIpc) is 2.86. The Hall–Kier alpha value is -1.19. The molecule has 0 aromatic carbocycles. The number of Topliss-reactive ketones (excluding diaryl/α,β-unsaturated/α-hetero) is 1. The lowest BCUT2D eigenvalue weighted by Crippen LogP contribution is -2.14. The Morgan fingerprint density at radius 2 is 2.11 bits per heavy atom. The second-order valence-corrected chi connectivity index (χ2v) is 5.97. The maximum absolute atomic E-state index is 12.0. The van der Waals surface area contributed by atoms with Crippen LogP contribution in [0.25, 0.3) is 0 Å². The zero-order valence-corrected chi connectivity index (χ0v) is 12.1. The molecule has 4 heteroatoms. The minimum atomic E-state index is 0.267. The van der Waals surface area contributed by atoms with Crippen molar-refractivity contribution < 1.29 is 4.79 Å². The molecule has 0 radical (unpaired) electrons. The van der Waals surface area contributed by atoms with Gasteiger partial charge in [-0.15, -0.1) is 0 Å². The monoisotopic (exact) mass is 263 g/mol. The van der Waals surface area contributed by atoms with Gasteiger partial charge >= 0.3 is 0 Å². The number of carbonyl (C=O) groups excluding carboxylic acids is 1. The molecule has 1 aliphatic rings. The van der Waals surface area contributed by atoms with Crippen molar-refractivity contribution in [2.24, 2.45) is 5.92 Å². The molecule has 1 aromatic rings. The third-order valence-corrected chi connectivity index (χ3v) is 4.05. The van der Waals surface area contributed by atoms with E-state index >= 15 is 0 Å². The van der Waals surface area contributed by atoms with E-state index in [2.05, 4.69) is 23.9 Å². The van der Waals surface area contributed by atoms with E-state index in [-0.39, 0.29) is 6.04 Å². The summed E-state index contributed by atoms with van der Waals surface area (Å²) in [6, 6.07) is 0.267. The minimum Gasteiger partial charge on any atom is -0.299 e. The van der Waals surface area contributed by atoms with Crippen LogP contribution in [0.3, 0.4) is 0 Å². The van der Waals surface area contributed by atoms with Gasteiger partial charge in [0.15, 0.2) is 0 Å². The van der Waals surface area contributed by atoms with Crippen LogP contribution in [0.15, 0.2) is 6.33 Å². The van der Waals surface area contributed by atoms with Crippen molar-refractivity contribution in [1.82, 2.24) is 14.8 Å². The molecule has 106 valence electrons.